The van der Waals surface area contributed by atoms with Crippen molar-refractivity contribution < 1.29 is 14.6 Å². The molecule has 0 heterocycles. The summed E-state index contributed by atoms with van der Waals surface area (Å²) in [6.07, 6.45) is 2.04. The van der Waals surface area contributed by atoms with Gasteiger partial charge in [0, 0.05) is 19.7 Å². The van der Waals surface area contributed by atoms with E-state index in [9.17, 15) is 9.90 Å². The second-order valence-electron chi connectivity index (χ2n) is 4.39. The van der Waals surface area contributed by atoms with Crippen LogP contribution in [0, 0.1) is 0 Å². The molecule has 0 saturated heterocycles. The van der Waals surface area contributed by atoms with Crippen molar-refractivity contribution in [1.29, 1.82) is 0 Å². The Morgan fingerprint density at radius 1 is 1.56 bits per heavy atom. The standard InChI is InChI=1S/C13H16ClNO3/c1-18-7-6-15(9-2-3-9)13(17)11-8-10(16)4-5-12(11)14/h4-5,8-9,16H,2-3,6-7H2,1H3. The number of aromatic hydroxyl groups is 1. The molecule has 1 fully saturated rings. The van der Waals surface area contributed by atoms with E-state index in [0.717, 1.165) is 12.8 Å². The molecule has 98 valence electrons. The number of carbonyl (C=O) groups excluding carboxylic acids is 1. The first kappa shape index (κ1) is 13.2. The van der Waals surface area contributed by atoms with Crippen LogP contribution in [0.2, 0.25) is 5.02 Å². The second kappa shape index (κ2) is 5.59. The highest BCUT2D eigenvalue weighted by Gasteiger charge is 2.33. The first-order valence-corrected chi connectivity index (χ1v) is 6.29. The molecular formula is C13H16ClNO3. The van der Waals surface area contributed by atoms with Gasteiger partial charge in [0.15, 0.2) is 0 Å². The maximum absolute atomic E-state index is 12.4. The summed E-state index contributed by atoms with van der Waals surface area (Å²) in [4.78, 5) is 14.1. The Hall–Kier alpha value is -1.26. The fraction of sp³-hybridized carbons (Fsp3) is 0.462. The van der Waals surface area contributed by atoms with Crippen molar-refractivity contribution in [1.82, 2.24) is 4.90 Å². The third-order valence-electron chi connectivity index (χ3n) is 2.97. The van der Waals surface area contributed by atoms with Crippen molar-refractivity contribution in [2.75, 3.05) is 20.3 Å². The van der Waals surface area contributed by atoms with Gasteiger partial charge in [-0.25, -0.2) is 0 Å². The third-order valence-corrected chi connectivity index (χ3v) is 3.29. The largest absolute Gasteiger partial charge is 0.508 e. The van der Waals surface area contributed by atoms with Gasteiger partial charge < -0.3 is 14.7 Å². The Bertz CT molecular complexity index is 446. The van der Waals surface area contributed by atoms with E-state index in [1.54, 1.807) is 12.0 Å². The van der Waals surface area contributed by atoms with E-state index in [1.807, 2.05) is 0 Å². The zero-order valence-corrected chi connectivity index (χ0v) is 11.0. The molecule has 1 aromatic rings. The number of ether oxygens (including phenoxy) is 1. The molecule has 0 atom stereocenters. The number of hydrogen-bond donors (Lipinski definition) is 1. The van der Waals surface area contributed by atoms with Gasteiger partial charge in [-0.3, -0.25) is 4.79 Å². The maximum Gasteiger partial charge on any atom is 0.255 e. The minimum absolute atomic E-state index is 0.0465. The molecule has 0 aromatic heterocycles. The van der Waals surface area contributed by atoms with Crippen LogP contribution in [0.5, 0.6) is 5.75 Å². The van der Waals surface area contributed by atoms with Crippen LogP contribution in [0.25, 0.3) is 0 Å². The van der Waals surface area contributed by atoms with Gasteiger partial charge in [-0.15, -0.1) is 0 Å². The molecular weight excluding hydrogens is 254 g/mol. The topological polar surface area (TPSA) is 49.8 Å². The average molecular weight is 270 g/mol. The van der Waals surface area contributed by atoms with Gasteiger partial charge in [0.1, 0.15) is 5.75 Å². The number of rotatable bonds is 5. The fourth-order valence-electron chi connectivity index (χ4n) is 1.86. The number of benzene rings is 1. The van der Waals surface area contributed by atoms with Gasteiger partial charge in [0.05, 0.1) is 17.2 Å². The number of hydrogen-bond acceptors (Lipinski definition) is 3. The van der Waals surface area contributed by atoms with Crippen LogP contribution in [0.3, 0.4) is 0 Å². The molecule has 0 spiro atoms. The predicted octanol–water partition coefficient (Wildman–Crippen LogP) is 2.30. The van der Waals surface area contributed by atoms with E-state index in [1.165, 1.54) is 18.2 Å². The van der Waals surface area contributed by atoms with Gasteiger partial charge >= 0.3 is 0 Å². The van der Waals surface area contributed by atoms with Crippen molar-refractivity contribution in [3.8, 4) is 5.75 Å². The predicted molar refractivity (Wildman–Crippen MR) is 69.1 cm³/mol. The highest BCUT2D eigenvalue weighted by molar-refractivity contribution is 6.33. The average Bonchev–Trinajstić information content (AvgIpc) is 3.17. The van der Waals surface area contributed by atoms with Crippen molar-refractivity contribution >= 4 is 17.5 Å². The highest BCUT2D eigenvalue weighted by atomic mass is 35.5. The van der Waals surface area contributed by atoms with E-state index in [2.05, 4.69) is 0 Å². The number of phenols is 1. The zero-order valence-electron chi connectivity index (χ0n) is 10.2. The summed E-state index contributed by atoms with van der Waals surface area (Å²) >= 11 is 6.00. The molecule has 18 heavy (non-hydrogen) atoms. The third kappa shape index (κ3) is 2.94. The van der Waals surface area contributed by atoms with Gasteiger partial charge in [-0.05, 0) is 31.0 Å². The van der Waals surface area contributed by atoms with Crippen LogP contribution >= 0.6 is 11.6 Å². The van der Waals surface area contributed by atoms with E-state index >= 15 is 0 Å². The summed E-state index contributed by atoms with van der Waals surface area (Å²) in [5.74, 6) is -0.0966. The molecule has 1 amide bonds. The van der Waals surface area contributed by atoms with Crippen LogP contribution in [0.1, 0.15) is 23.2 Å². The van der Waals surface area contributed by atoms with E-state index < -0.39 is 0 Å². The normalized spacial score (nSPS) is 14.6. The number of halogens is 1. The molecule has 0 bridgehead atoms. The minimum atomic E-state index is -0.143. The van der Waals surface area contributed by atoms with Gasteiger partial charge in [-0.2, -0.15) is 0 Å². The Morgan fingerprint density at radius 3 is 2.89 bits per heavy atom. The number of nitrogens with zero attached hydrogens (tertiary/aromatic N) is 1. The number of carbonyl (C=O) groups is 1. The number of amides is 1. The van der Waals surface area contributed by atoms with Crippen LogP contribution in [0.4, 0.5) is 0 Å². The molecule has 0 aliphatic heterocycles. The SMILES string of the molecule is COCCN(C(=O)c1cc(O)ccc1Cl)C1CC1. The molecule has 0 unspecified atom stereocenters. The summed E-state index contributed by atoms with van der Waals surface area (Å²) in [5.41, 5.74) is 0.347. The minimum Gasteiger partial charge on any atom is -0.508 e. The number of methoxy groups -OCH3 is 1. The summed E-state index contributed by atoms with van der Waals surface area (Å²) in [6, 6.07) is 4.69. The monoisotopic (exact) mass is 269 g/mol. The summed E-state index contributed by atoms with van der Waals surface area (Å²) in [6.45, 7) is 1.05. The Labute approximate surface area is 111 Å². The maximum atomic E-state index is 12.4. The lowest BCUT2D eigenvalue weighted by molar-refractivity contribution is 0.0680. The highest BCUT2D eigenvalue weighted by Crippen LogP contribution is 2.30. The smallest absolute Gasteiger partial charge is 0.255 e. The zero-order chi connectivity index (χ0) is 13.1. The Morgan fingerprint density at radius 2 is 2.28 bits per heavy atom. The van der Waals surface area contributed by atoms with Crippen LogP contribution in [-0.4, -0.2) is 42.2 Å². The molecule has 5 heteroatoms. The molecule has 1 aliphatic rings. The molecule has 0 radical (unpaired) electrons. The Kier molecular flexibility index (Phi) is 4.09. The van der Waals surface area contributed by atoms with Gasteiger partial charge in [-0.1, -0.05) is 11.6 Å². The van der Waals surface area contributed by atoms with Crippen molar-refractivity contribution in [3.63, 3.8) is 0 Å². The quantitative estimate of drug-likeness (QED) is 0.892. The molecule has 1 N–H and O–H groups in total. The summed E-state index contributed by atoms with van der Waals surface area (Å²) in [5, 5.41) is 9.81. The van der Waals surface area contributed by atoms with Crippen molar-refractivity contribution in [2.45, 2.75) is 18.9 Å². The molecule has 2 rings (SSSR count). The Balaban J connectivity index is 2.19. The first-order valence-electron chi connectivity index (χ1n) is 5.92. The van der Waals surface area contributed by atoms with E-state index in [0.29, 0.717) is 23.7 Å². The van der Waals surface area contributed by atoms with Crippen LogP contribution in [-0.2, 0) is 4.74 Å². The first-order chi connectivity index (χ1) is 8.63. The van der Waals surface area contributed by atoms with E-state index in [4.69, 9.17) is 16.3 Å². The molecule has 1 aliphatic carbocycles. The molecule has 1 aromatic carbocycles. The van der Waals surface area contributed by atoms with E-state index in [-0.39, 0.29) is 17.7 Å². The summed E-state index contributed by atoms with van der Waals surface area (Å²) < 4.78 is 5.01. The fourth-order valence-corrected chi connectivity index (χ4v) is 2.06. The lowest BCUT2D eigenvalue weighted by atomic mass is 10.2. The van der Waals surface area contributed by atoms with Crippen molar-refractivity contribution in [2.24, 2.45) is 0 Å². The van der Waals surface area contributed by atoms with Crippen LogP contribution in [0.15, 0.2) is 18.2 Å². The van der Waals surface area contributed by atoms with Gasteiger partial charge in [0.2, 0.25) is 0 Å². The van der Waals surface area contributed by atoms with Crippen LogP contribution < -0.4 is 0 Å². The van der Waals surface area contributed by atoms with Crippen molar-refractivity contribution in [3.05, 3.63) is 28.8 Å². The number of phenolic OH excluding ortho intramolecular Hbond substituents is 1. The molecule has 4 nitrogen and oxygen atoms in total. The van der Waals surface area contributed by atoms with Gasteiger partial charge in [0.25, 0.3) is 5.91 Å². The second-order valence-corrected chi connectivity index (χ2v) is 4.79. The summed E-state index contributed by atoms with van der Waals surface area (Å²) in [7, 11) is 1.61. The molecule has 1 saturated carbocycles. The lowest BCUT2D eigenvalue weighted by Crippen LogP contribution is -2.36. The lowest BCUT2D eigenvalue weighted by Gasteiger charge is -2.22.